The number of hydrogen-bond donors (Lipinski definition) is 0. The van der Waals surface area contributed by atoms with E-state index in [9.17, 15) is 14.4 Å². The van der Waals surface area contributed by atoms with E-state index in [1.165, 1.54) is 17.8 Å². The fourth-order valence-corrected chi connectivity index (χ4v) is 3.20. The van der Waals surface area contributed by atoms with Crippen molar-refractivity contribution >= 4 is 16.9 Å². The van der Waals surface area contributed by atoms with E-state index in [-0.39, 0.29) is 23.5 Å². The van der Waals surface area contributed by atoms with Crippen molar-refractivity contribution in [3.05, 3.63) is 57.4 Å². The van der Waals surface area contributed by atoms with E-state index >= 15 is 0 Å². The maximum Gasteiger partial charge on any atom is 0.332 e. The van der Waals surface area contributed by atoms with Crippen LogP contribution >= 0.6 is 0 Å². The highest BCUT2D eigenvalue weighted by atomic mass is 16.5. The standard InChI is InChI=1S/C19H19N5O4/c1-22-17-14(11-20-16(21-17)13-5-3-2-4-6-13)18(26)24(19(22)27)12-15(25)23-7-9-28-10-8-23/h2-6,11H,7-10,12H2,1H3. The molecule has 28 heavy (non-hydrogen) atoms. The lowest BCUT2D eigenvalue weighted by atomic mass is 10.2. The molecule has 3 heterocycles. The molecule has 1 saturated heterocycles. The van der Waals surface area contributed by atoms with Crippen molar-refractivity contribution in [2.24, 2.45) is 7.05 Å². The molecule has 3 aromatic rings. The van der Waals surface area contributed by atoms with Gasteiger partial charge in [0.25, 0.3) is 5.56 Å². The molecule has 0 bridgehead atoms. The Bertz CT molecular complexity index is 1150. The molecule has 0 aliphatic carbocycles. The molecule has 0 atom stereocenters. The average Bonchev–Trinajstić information content (AvgIpc) is 2.76. The van der Waals surface area contributed by atoms with Crippen LogP contribution in [0.1, 0.15) is 0 Å². The van der Waals surface area contributed by atoms with Gasteiger partial charge < -0.3 is 9.64 Å². The van der Waals surface area contributed by atoms with Crippen LogP contribution in [0.25, 0.3) is 22.4 Å². The number of carbonyl (C=O) groups is 1. The summed E-state index contributed by atoms with van der Waals surface area (Å²) in [5, 5.41) is 0.191. The number of nitrogens with zero attached hydrogens (tertiary/aromatic N) is 5. The first kappa shape index (κ1) is 18.1. The van der Waals surface area contributed by atoms with Crippen molar-refractivity contribution in [3.8, 4) is 11.4 Å². The molecule has 1 amide bonds. The summed E-state index contributed by atoms with van der Waals surface area (Å²) in [5.41, 5.74) is -0.140. The van der Waals surface area contributed by atoms with Gasteiger partial charge in [-0.1, -0.05) is 30.3 Å². The van der Waals surface area contributed by atoms with Crippen LogP contribution in [-0.4, -0.2) is 56.2 Å². The Labute approximate surface area is 159 Å². The number of aromatic nitrogens is 4. The number of fused-ring (bicyclic) bond motifs is 1. The van der Waals surface area contributed by atoms with Gasteiger partial charge in [0.1, 0.15) is 11.9 Å². The van der Waals surface area contributed by atoms with E-state index in [0.29, 0.717) is 32.1 Å². The maximum absolute atomic E-state index is 12.8. The number of hydrogen-bond acceptors (Lipinski definition) is 6. The molecule has 9 heteroatoms. The highest BCUT2D eigenvalue weighted by molar-refractivity contribution is 5.78. The van der Waals surface area contributed by atoms with Crippen LogP contribution in [0.4, 0.5) is 0 Å². The van der Waals surface area contributed by atoms with Gasteiger partial charge in [0.05, 0.1) is 13.2 Å². The first-order chi connectivity index (χ1) is 13.6. The topological polar surface area (TPSA) is 99.3 Å². The monoisotopic (exact) mass is 381 g/mol. The average molecular weight is 381 g/mol. The van der Waals surface area contributed by atoms with E-state index < -0.39 is 11.2 Å². The minimum absolute atomic E-state index is 0.191. The second-order valence-electron chi connectivity index (χ2n) is 6.52. The third kappa shape index (κ3) is 3.20. The predicted molar refractivity (Wildman–Crippen MR) is 102 cm³/mol. The number of aryl methyl sites for hydroxylation is 1. The van der Waals surface area contributed by atoms with Crippen LogP contribution in [0.15, 0.2) is 46.1 Å². The Morgan fingerprint density at radius 3 is 2.57 bits per heavy atom. The van der Waals surface area contributed by atoms with Crippen molar-refractivity contribution in [2.75, 3.05) is 26.3 Å². The molecule has 0 saturated carbocycles. The number of carbonyl (C=O) groups excluding carboxylic acids is 1. The third-order valence-electron chi connectivity index (χ3n) is 4.77. The van der Waals surface area contributed by atoms with Crippen LogP contribution in [0.3, 0.4) is 0 Å². The van der Waals surface area contributed by atoms with Gasteiger partial charge in [-0.2, -0.15) is 0 Å². The number of benzene rings is 1. The molecule has 0 N–H and O–H groups in total. The van der Waals surface area contributed by atoms with Crippen LogP contribution in [0.2, 0.25) is 0 Å². The smallest absolute Gasteiger partial charge is 0.332 e. The van der Waals surface area contributed by atoms with Crippen molar-refractivity contribution in [2.45, 2.75) is 6.54 Å². The molecule has 2 aromatic heterocycles. The van der Waals surface area contributed by atoms with Gasteiger partial charge in [-0.25, -0.2) is 14.8 Å². The molecule has 0 radical (unpaired) electrons. The Balaban J connectivity index is 1.76. The van der Waals surface area contributed by atoms with E-state index in [1.807, 2.05) is 30.3 Å². The minimum atomic E-state index is -0.586. The summed E-state index contributed by atoms with van der Waals surface area (Å²) in [5.74, 6) is 0.133. The van der Waals surface area contributed by atoms with Gasteiger partial charge in [-0.15, -0.1) is 0 Å². The van der Waals surface area contributed by atoms with E-state index in [0.717, 1.165) is 10.1 Å². The molecule has 144 valence electrons. The largest absolute Gasteiger partial charge is 0.378 e. The SMILES string of the molecule is Cn1c(=O)n(CC(=O)N2CCOCC2)c(=O)c2cnc(-c3ccccc3)nc21. The summed E-state index contributed by atoms with van der Waals surface area (Å²) in [6.45, 7) is 1.48. The van der Waals surface area contributed by atoms with Gasteiger partial charge in [0, 0.05) is 31.9 Å². The predicted octanol–water partition coefficient (Wildman–Crippen LogP) is 0.0160. The fraction of sp³-hybridized carbons (Fsp3) is 0.316. The Hall–Kier alpha value is -3.33. The number of ether oxygens (including phenoxy) is 1. The van der Waals surface area contributed by atoms with Crippen molar-refractivity contribution in [1.29, 1.82) is 0 Å². The second-order valence-corrected chi connectivity index (χ2v) is 6.52. The van der Waals surface area contributed by atoms with Gasteiger partial charge in [-0.3, -0.25) is 18.7 Å². The van der Waals surface area contributed by atoms with Crippen molar-refractivity contribution in [1.82, 2.24) is 24.0 Å². The normalized spacial score (nSPS) is 14.4. The summed E-state index contributed by atoms with van der Waals surface area (Å²) in [7, 11) is 1.53. The molecule has 9 nitrogen and oxygen atoms in total. The summed E-state index contributed by atoms with van der Waals surface area (Å²) in [4.78, 5) is 48.3. The zero-order valence-corrected chi connectivity index (χ0v) is 15.4. The summed E-state index contributed by atoms with van der Waals surface area (Å²) in [6, 6.07) is 9.29. The fourth-order valence-electron chi connectivity index (χ4n) is 3.20. The van der Waals surface area contributed by atoms with Crippen LogP contribution in [-0.2, 0) is 23.1 Å². The molecule has 1 aliphatic heterocycles. The summed E-state index contributed by atoms with van der Waals surface area (Å²) >= 11 is 0. The summed E-state index contributed by atoms with van der Waals surface area (Å²) in [6.07, 6.45) is 1.40. The van der Waals surface area contributed by atoms with Crippen molar-refractivity contribution < 1.29 is 9.53 Å². The Morgan fingerprint density at radius 1 is 1.14 bits per heavy atom. The lowest BCUT2D eigenvalue weighted by Crippen LogP contribution is -2.47. The molecule has 0 unspecified atom stereocenters. The Kier molecular flexibility index (Phi) is 4.74. The maximum atomic E-state index is 12.8. The quantitative estimate of drug-likeness (QED) is 0.634. The minimum Gasteiger partial charge on any atom is -0.378 e. The molecule has 1 aromatic carbocycles. The number of morpholine rings is 1. The van der Waals surface area contributed by atoms with Gasteiger partial charge in [0.2, 0.25) is 5.91 Å². The molecular weight excluding hydrogens is 362 g/mol. The zero-order chi connectivity index (χ0) is 19.7. The molecular formula is C19H19N5O4. The van der Waals surface area contributed by atoms with Gasteiger partial charge in [-0.05, 0) is 0 Å². The second kappa shape index (κ2) is 7.35. The zero-order valence-electron chi connectivity index (χ0n) is 15.4. The number of amides is 1. The first-order valence-corrected chi connectivity index (χ1v) is 8.94. The molecule has 4 rings (SSSR count). The van der Waals surface area contributed by atoms with Crippen LogP contribution in [0.5, 0.6) is 0 Å². The molecule has 1 fully saturated rings. The molecule has 0 spiro atoms. The van der Waals surface area contributed by atoms with E-state index in [4.69, 9.17) is 4.74 Å². The lowest BCUT2D eigenvalue weighted by molar-refractivity contribution is -0.136. The lowest BCUT2D eigenvalue weighted by Gasteiger charge is -2.27. The van der Waals surface area contributed by atoms with Gasteiger partial charge >= 0.3 is 5.69 Å². The van der Waals surface area contributed by atoms with E-state index in [1.54, 1.807) is 4.90 Å². The molecule has 1 aliphatic rings. The third-order valence-corrected chi connectivity index (χ3v) is 4.77. The van der Waals surface area contributed by atoms with E-state index in [2.05, 4.69) is 9.97 Å². The highest BCUT2D eigenvalue weighted by Gasteiger charge is 2.21. The van der Waals surface area contributed by atoms with Crippen LogP contribution in [0, 0.1) is 0 Å². The number of rotatable bonds is 3. The van der Waals surface area contributed by atoms with Gasteiger partial charge in [0.15, 0.2) is 11.5 Å². The van der Waals surface area contributed by atoms with Crippen molar-refractivity contribution in [3.63, 3.8) is 0 Å². The Morgan fingerprint density at radius 2 is 1.86 bits per heavy atom. The first-order valence-electron chi connectivity index (χ1n) is 8.94. The summed E-state index contributed by atoms with van der Waals surface area (Å²) < 4.78 is 7.44. The van der Waals surface area contributed by atoms with Crippen LogP contribution < -0.4 is 11.2 Å². The highest BCUT2D eigenvalue weighted by Crippen LogP contribution is 2.15.